The average molecular weight is 371 g/mol. The Hall–Kier alpha value is -2.31. The zero-order chi connectivity index (χ0) is 17.6. The van der Waals surface area contributed by atoms with Gasteiger partial charge in [-0.25, -0.2) is 8.42 Å². The highest BCUT2D eigenvalue weighted by atomic mass is 32.2. The summed E-state index contributed by atoms with van der Waals surface area (Å²) in [6.07, 6.45) is 0. The number of fused-ring (bicyclic) bond motifs is 3. The molecule has 0 saturated carbocycles. The first-order chi connectivity index (χ1) is 12.0. The summed E-state index contributed by atoms with van der Waals surface area (Å²) in [7, 11) is -2.12. The summed E-state index contributed by atoms with van der Waals surface area (Å²) in [4.78, 5) is 1.25. The summed E-state index contributed by atoms with van der Waals surface area (Å²) in [5.41, 5.74) is 2.88. The van der Waals surface area contributed by atoms with Gasteiger partial charge in [0, 0.05) is 0 Å². The quantitative estimate of drug-likeness (QED) is 0.671. The lowest BCUT2D eigenvalue weighted by atomic mass is 9.96. The van der Waals surface area contributed by atoms with Crippen molar-refractivity contribution in [3.05, 3.63) is 65.5 Å². The van der Waals surface area contributed by atoms with Gasteiger partial charge in [-0.15, -0.1) is 11.3 Å². The number of anilines is 1. The number of sulfonamides is 1. The van der Waals surface area contributed by atoms with E-state index in [1.54, 1.807) is 42.7 Å². The van der Waals surface area contributed by atoms with E-state index in [2.05, 4.69) is 6.07 Å². The fourth-order valence-corrected chi connectivity index (χ4v) is 5.92. The van der Waals surface area contributed by atoms with Crippen LogP contribution in [0.2, 0.25) is 0 Å². The van der Waals surface area contributed by atoms with Gasteiger partial charge < -0.3 is 4.74 Å². The summed E-state index contributed by atoms with van der Waals surface area (Å²) in [6, 6.07) is 16.1. The van der Waals surface area contributed by atoms with Crippen LogP contribution in [0.15, 0.2) is 64.9 Å². The van der Waals surface area contributed by atoms with Crippen LogP contribution in [0.4, 0.5) is 5.69 Å². The Morgan fingerprint density at radius 3 is 2.48 bits per heavy atom. The van der Waals surface area contributed by atoms with E-state index >= 15 is 0 Å². The van der Waals surface area contributed by atoms with Crippen molar-refractivity contribution < 1.29 is 13.2 Å². The van der Waals surface area contributed by atoms with E-state index in [-0.39, 0.29) is 10.9 Å². The van der Waals surface area contributed by atoms with Crippen LogP contribution in [0.1, 0.15) is 18.5 Å². The minimum atomic E-state index is -3.68. The predicted octanol–water partition coefficient (Wildman–Crippen LogP) is 4.69. The van der Waals surface area contributed by atoms with E-state index in [1.165, 1.54) is 4.31 Å². The second kappa shape index (κ2) is 5.89. The summed E-state index contributed by atoms with van der Waals surface area (Å²) >= 11 is 1.57. The third-order valence-electron chi connectivity index (χ3n) is 4.51. The maximum atomic E-state index is 13.4. The number of nitrogens with zero attached hydrogens (tertiary/aromatic N) is 1. The maximum absolute atomic E-state index is 13.4. The molecule has 0 aliphatic carbocycles. The van der Waals surface area contributed by atoms with E-state index in [0.717, 1.165) is 21.7 Å². The molecule has 2 aromatic carbocycles. The molecule has 1 unspecified atom stereocenters. The van der Waals surface area contributed by atoms with Crippen LogP contribution in [0.25, 0.3) is 10.4 Å². The molecule has 0 bridgehead atoms. The molecule has 2 heterocycles. The molecule has 25 heavy (non-hydrogen) atoms. The number of benzene rings is 2. The molecule has 0 N–H and O–H groups in total. The van der Waals surface area contributed by atoms with Crippen molar-refractivity contribution in [3.8, 4) is 16.2 Å². The monoisotopic (exact) mass is 371 g/mol. The molecule has 1 aliphatic rings. The first-order valence-electron chi connectivity index (χ1n) is 7.89. The Bertz CT molecular complexity index is 1020. The van der Waals surface area contributed by atoms with Gasteiger partial charge in [0.15, 0.2) is 0 Å². The zero-order valence-electron chi connectivity index (χ0n) is 13.8. The topological polar surface area (TPSA) is 46.6 Å². The van der Waals surface area contributed by atoms with Gasteiger partial charge in [0.1, 0.15) is 5.75 Å². The van der Waals surface area contributed by atoms with Crippen molar-refractivity contribution in [1.29, 1.82) is 0 Å². The standard InChI is InChI=1S/C19H17NO3S2/c1-13-16-5-3-4-6-17(16)19-18(11-12-24-19)20(13)25(21,22)15-9-7-14(23-2)8-10-15/h3-13H,1-2H3. The van der Waals surface area contributed by atoms with E-state index in [0.29, 0.717) is 5.75 Å². The van der Waals surface area contributed by atoms with Crippen molar-refractivity contribution in [2.24, 2.45) is 0 Å². The third kappa shape index (κ3) is 2.44. The van der Waals surface area contributed by atoms with Gasteiger partial charge in [0.2, 0.25) is 0 Å². The Labute approximate surface area is 151 Å². The second-order valence-corrected chi connectivity index (χ2v) is 8.61. The zero-order valence-corrected chi connectivity index (χ0v) is 15.5. The Kier molecular flexibility index (Phi) is 3.81. The fraction of sp³-hybridized carbons (Fsp3) is 0.158. The van der Waals surface area contributed by atoms with Gasteiger partial charge in [-0.1, -0.05) is 24.3 Å². The fourth-order valence-electron chi connectivity index (χ4n) is 3.28. The lowest BCUT2D eigenvalue weighted by Crippen LogP contribution is -2.35. The Morgan fingerprint density at radius 1 is 1.04 bits per heavy atom. The predicted molar refractivity (Wildman–Crippen MR) is 101 cm³/mol. The highest BCUT2D eigenvalue weighted by molar-refractivity contribution is 7.92. The molecule has 4 nitrogen and oxygen atoms in total. The number of thiophene rings is 1. The largest absolute Gasteiger partial charge is 0.497 e. The number of hydrogen-bond donors (Lipinski definition) is 0. The number of ether oxygens (including phenoxy) is 1. The highest BCUT2D eigenvalue weighted by Crippen LogP contribution is 2.49. The minimum absolute atomic E-state index is 0.261. The molecule has 0 spiro atoms. The molecular formula is C19H17NO3S2. The second-order valence-electron chi connectivity index (χ2n) is 5.87. The Morgan fingerprint density at radius 2 is 1.76 bits per heavy atom. The van der Waals surface area contributed by atoms with E-state index in [9.17, 15) is 8.42 Å². The summed E-state index contributed by atoms with van der Waals surface area (Å²) in [5, 5.41) is 1.94. The molecule has 0 amide bonds. The molecule has 6 heteroatoms. The van der Waals surface area contributed by atoms with Crippen molar-refractivity contribution in [2.45, 2.75) is 17.9 Å². The Balaban J connectivity index is 1.88. The molecule has 0 saturated heterocycles. The van der Waals surface area contributed by atoms with Crippen LogP contribution >= 0.6 is 11.3 Å². The molecule has 0 radical (unpaired) electrons. The van der Waals surface area contributed by atoms with Gasteiger partial charge in [-0.3, -0.25) is 4.31 Å². The molecule has 1 atom stereocenters. The normalized spacial score (nSPS) is 16.2. The van der Waals surface area contributed by atoms with Gasteiger partial charge in [-0.05, 0) is 53.8 Å². The number of rotatable bonds is 3. The van der Waals surface area contributed by atoms with Gasteiger partial charge in [0.25, 0.3) is 10.0 Å². The van der Waals surface area contributed by atoms with Gasteiger partial charge in [-0.2, -0.15) is 0 Å². The molecule has 4 rings (SSSR count). The van der Waals surface area contributed by atoms with Crippen LogP contribution in [0, 0.1) is 0 Å². The van der Waals surface area contributed by atoms with E-state index in [1.807, 2.05) is 36.6 Å². The number of hydrogen-bond acceptors (Lipinski definition) is 4. The van der Waals surface area contributed by atoms with E-state index in [4.69, 9.17) is 4.74 Å². The van der Waals surface area contributed by atoms with Crippen LogP contribution in [-0.2, 0) is 10.0 Å². The van der Waals surface area contributed by atoms with Crippen LogP contribution in [0.5, 0.6) is 5.75 Å². The molecule has 3 aromatic rings. The van der Waals surface area contributed by atoms with E-state index < -0.39 is 10.0 Å². The van der Waals surface area contributed by atoms with Crippen LogP contribution in [0.3, 0.4) is 0 Å². The summed E-state index contributed by atoms with van der Waals surface area (Å²) in [5.74, 6) is 0.632. The number of methoxy groups -OCH3 is 1. The van der Waals surface area contributed by atoms with Crippen LogP contribution in [-0.4, -0.2) is 15.5 Å². The third-order valence-corrected chi connectivity index (χ3v) is 7.34. The molecular weight excluding hydrogens is 354 g/mol. The van der Waals surface area contributed by atoms with Crippen molar-refractivity contribution >= 4 is 27.0 Å². The molecule has 1 aromatic heterocycles. The highest BCUT2D eigenvalue weighted by Gasteiger charge is 2.37. The van der Waals surface area contributed by atoms with Gasteiger partial charge >= 0.3 is 0 Å². The maximum Gasteiger partial charge on any atom is 0.264 e. The van der Waals surface area contributed by atoms with Crippen molar-refractivity contribution in [2.75, 3.05) is 11.4 Å². The summed E-state index contributed by atoms with van der Waals surface area (Å²) < 4.78 is 33.4. The summed E-state index contributed by atoms with van der Waals surface area (Å²) in [6.45, 7) is 1.93. The molecule has 0 fully saturated rings. The van der Waals surface area contributed by atoms with Gasteiger partial charge in [0.05, 0.1) is 28.6 Å². The molecule has 1 aliphatic heterocycles. The average Bonchev–Trinajstić information content (AvgIpc) is 3.11. The first kappa shape index (κ1) is 16.2. The smallest absolute Gasteiger partial charge is 0.264 e. The molecule has 128 valence electrons. The first-order valence-corrected chi connectivity index (χ1v) is 10.2. The lowest BCUT2D eigenvalue weighted by Gasteiger charge is -2.35. The minimum Gasteiger partial charge on any atom is -0.497 e. The lowest BCUT2D eigenvalue weighted by molar-refractivity contribution is 0.414. The SMILES string of the molecule is COc1ccc(S(=O)(=O)N2c3ccsc3-c3ccccc3C2C)cc1. The van der Waals surface area contributed by atoms with Crippen molar-refractivity contribution in [1.82, 2.24) is 0 Å². The van der Waals surface area contributed by atoms with Crippen molar-refractivity contribution in [3.63, 3.8) is 0 Å². The van der Waals surface area contributed by atoms with Crippen LogP contribution < -0.4 is 9.04 Å².